The SMILES string of the molecule is CC(C)NCc1cccc(-c2cccc(OC3CC3)c2)c1. The van der Waals surface area contributed by atoms with Gasteiger partial charge in [-0.25, -0.2) is 0 Å². The van der Waals surface area contributed by atoms with E-state index in [1.54, 1.807) is 0 Å². The first-order chi connectivity index (χ1) is 10.2. The van der Waals surface area contributed by atoms with Crippen LogP contribution < -0.4 is 10.1 Å². The molecule has 0 aromatic heterocycles. The molecule has 2 aromatic rings. The maximum atomic E-state index is 5.88. The summed E-state index contributed by atoms with van der Waals surface area (Å²) in [4.78, 5) is 0. The van der Waals surface area contributed by atoms with Gasteiger partial charge in [0.05, 0.1) is 6.10 Å². The molecule has 0 unspecified atom stereocenters. The molecule has 0 amide bonds. The first kappa shape index (κ1) is 14.2. The van der Waals surface area contributed by atoms with Crippen molar-refractivity contribution < 1.29 is 4.74 Å². The zero-order chi connectivity index (χ0) is 14.7. The summed E-state index contributed by atoms with van der Waals surface area (Å²) in [5.41, 5.74) is 3.79. The Labute approximate surface area is 127 Å². The van der Waals surface area contributed by atoms with Crippen LogP contribution in [-0.2, 0) is 6.54 Å². The number of hydrogen-bond acceptors (Lipinski definition) is 2. The van der Waals surface area contributed by atoms with Gasteiger partial charge in [-0.2, -0.15) is 0 Å². The third-order valence-corrected chi connectivity index (χ3v) is 3.64. The second-order valence-electron chi connectivity index (χ2n) is 6.08. The van der Waals surface area contributed by atoms with Gasteiger partial charge in [0.2, 0.25) is 0 Å². The summed E-state index contributed by atoms with van der Waals surface area (Å²) in [6.07, 6.45) is 2.84. The van der Waals surface area contributed by atoms with Gasteiger partial charge in [0.25, 0.3) is 0 Å². The van der Waals surface area contributed by atoms with E-state index in [2.05, 4.69) is 61.6 Å². The molecule has 1 aliphatic rings. The lowest BCUT2D eigenvalue weighted by Crippen LogP contribution is -2.21. The highest BCUT2D eigenvalue weighted by Gasteiger charge is 2.23. The van der Waals surface area contributed by atoms with Gasteiger partial charge in [-0.15, -0.1) is 0 Å². The molecule has 0 saturated heterocycles. The standard InChI is InChI=1S/C19H23NO/c1-14(2)20-13-15-5-3-6-16(11-15)17-7-4-8-19(12-17)21-18-9-10-18/h3-8,11-12,14,18,20H,9-10,13H2,1-2H3. The van der Waals surface area contributed by atoms with E-state index in [-0.39, 0.29) is 0 Å². The zero-order valence-electron chi connectivity index (χ0n) is 12.8. The van der Waals surface area contributed by atoms with Crippen molar-refractivity contribution in [1.29, 1.82) is 0 Å². The minimum absolute atomic E-state index is 0.446. The quantitative estimate of drug-likeness (QED) is 0.847. The molecule has 0 aliphatic heterocycles. The van der Waals surface area contributed by atoms with E-state index in [0.29, 0.717) is 12.1 Å². The lowest BCUT2D eigenvalue weighted by atomic mass is 10.0. The fourth-order valence-electron chi connectivity index (χ4n) is 2.31. The van der Waals surface area contributed by atoms with E-state index >= 15 is 0 Å². The molecule has 0 atom stereocenters. The Hall–Kier alpha value is -1.80. The Morgan fingerprint density at radius 3 is 2.48 bits per heavy atom. The molecule has 0 bridgehead atoms. The molecule has 1 aliphatic carbocycles. The van der Waals surface area contributed by atoms with Crippen LogP contribution in [-0.4, -0.2) is 12.1 Å². The average molecular weight is 281 g/mol. The van der Waals surface area contributed by atoms with Crippen LogP contribution in [0.1, 0.15) is 32.3 Å². The fourth-order valence-corrected chi connectivity index (χ4v) is 2.31. The van der Waals surface area contributed by atoms with Crippen molar-refractivity contribution in [1.82, 2.24) is 5.32 Å². The Morgan fingerprint density at radius 1 is 1.05 bits per heavy atom. The highest BCUT2D eigenvalue weighted by Crippen LogP contribution is 2.30. The largest absolute Gasteiger partial charge is 0.490 e. The molecule has 2 nitrogen and oxygen atoms in total. The summed E-state index contributed by atoms with van der Waals surface area (Å²) in [5.74, 6) is 0.987. The van der Waals surface area contributed by atoms with Crippen molar-refractivity contribution in [2.24, 2.45) is 0 Å². The van der Waals surface area contributed by atoms with E-state index in [0.717, 1.165) is 12.3 Å². The predicted octanol–water partition coefficient (Wildman–Crippen LogP) is 4.39. The van der Waals surface area contributed by atoms with Crippen LogP contribution in [0.5, 0.6) is 5.75 Å². The summed E-state index contributed by atoms with van der Waals surface area (Å²) < 4.78 is 5.88. The van der Waals surface area contributed by atoms with Crippen LogP contribution in [0.15, 0.2) is 48.5 Å². The summed E-state index contributed by atoms with van der Waals surface area (Å²) >= 11 is 0. The molecular weight excluding hydrogens is 258 g/mol. The summed E-state index contributed by atoms with van der Waals surface area (Å²) in [6, 6.07) is 17.6. The van der Waals surface area contributed by atoms with Crippen LogP contribution in [0.2, 0.25) is 0 Å². The van der Waals surface area contributed by atoms with Crippen LogP contribution in [0, 0.1) is 0 Å². The molecule has 3 rings (SSSR count). The Balaban J connectivity index is 1.77. The number of benzene rings is 2. The van der Waals surface area contributed by atoms with Crippen molar-refractivity contribution >= 4 is 0 Å². The second-order valence-corrected chi connectivity index (χ2v) is 6.08. The molecule has 0 radical (unpaired) electrons. The first-order valence-electron chi connectivity index (χ1n) is 7.80. The van der Waals surface area contributed by atoms with Crippen molar-refractivity contribution in [3.05, 3.63) is 54.1 Å². The highest BCUT2D eigenvalue weighted by atomic mass is 16.5. The fraction of sp³-hybridized carbons (Fsp3) is 0.368. The van der Waals surface area contributed by atoms with Crippen LogP contribution in [0.4, 0.5) is 0 Å². The molecule has 1 N–H and O–H groups in total. The van der Waals surface area contributed by atoms with Crippen molar-refractivity contribution in [3.63, 3.8) is 0 Å². The molecular formula is C19H23NO. The van der Waals surface area contributed by atoms with Gasteiger partial charge in [0.15, 0.2) is 0 Å². The van der Waals surface area contributed by atoms with Crippen molar-refractivity contribution in [2.75, 3.05) is 0 Å². The molecule has 2 heteroatoms. The highest BCUT2D eigenvalue weighted by molar-refractivity contribution is 5.65. The molecule has 1 saturated carbocycles. The minimum Gasteiger partial charge on any atom is -0.490 e. The lowest BCUT2D eigenvalue weighted by Gasteiger charge is -2.11. The summed E-state index contributed by atoms with van der Waals surface area (Å²) in [5, 5.41) is 3.46. The van der Waals surface area contributed by atoms with Gasteiger partial charge < -0.3 is 10.1 Å². The summed E-state index contributed by atoms with van der Waals surface area (Å²) in [6.45, 7) is 5.24. The summed E-state index contributed by atoms with van der Waals surface area (Å²) in [7, 11) is 0. The van der Waals surface area contributed by atoms with Crippen molar-refractivity contribution in [3.8, 4) is 16.9 Å². The van der Waals surface area contributed by atoms with E-state index in [9.17, 15) is 0 Å². The smallest absolute Gasteiger partial charge is 0.120 e. The zero-order valence-corrected chi connectivity index (χ0v) is 12.8. The first-order valence-corrected chi connectivity index (χ1v) is 7.80. The van der Waals surface area contributed by atoms with Gasteiger partial charge in [-0.05, 0) is 47.7 Å². The third kappa shape index (κ3) is 4.08. The van der Waals surface area contributed by atoms with Gasteiger partial charge in [0, 0.05) is 12.6 Å². The number of rotatable bonds is 6. The molecule has 0 spiro atoms. The van der Waals surface area contributed by atoms with Gasteiger partial charge in [-0.1, -0.05) is 44.2 Å². The Kier molecular flexibility index (Phi) is 4.26. The number of ether oxygens (including phenoxy) is 1. The van der Waals surface area contributed by atoms with Gasteiger partial charge in [-0.3, -0.25) is 0 Å². The monoisotopic (exact) mass is 281 g/mol. The maximum absolute atomic E-state index is 5.88. The molecule has 1 fully saturated rings. The van der Waals surface area contributed by atoms with Crippen LogP contribution in [0.25, 0.3) is 11.1 Å². The molecule has 21 heavy (non-hydrogen) atoms. The van der Waals surface area contributed by atoms with E-state index in [1.165, 1.54) is 29.5 Å². The Bertz CT molecular complexity index is 602. The lowest BCUT2D eigenvalue weighted by molar-refractivity contribution is 0.303. The van der Waals surface area contributed by atoms with Gasteiger partial charge in [0.1, 0.15) is 5.75 Å². The Morgan fingerprint density at radius 2 is 1.76 bits per heavy atom. The number of nitrogens with one attached hydrogen (secondary N) is 1. The normalized spacial score (nSPS) is 14.4. The minimum atomic E-state index is 0.446. The molecule has 0 heterocycles. The van der Waals surface area contributed by atoms with Crippen LogP contribution in [0.3, 0.4) is 0 Å². The molecule has 2 aromatic carbocycles. The molecule has 110 valence electrons. The van der Waals surface area contributed by atoms with Crippen LogP contribution >= 0.6 is 0 Å². The third-order valence-electron chi connectivity index (χ3n) is 3.64. The maximum Gasteiger partial charge on any atom is 0.120 e. The van der Waals surface area contributed by atoms with E-state index in [4.69, 9.17) is 4.74 Å². The average Bonchev–Trinajstić information content (AvgIpc) is 3.30. The van der Waals surface area contributed by atoms with E-state index in [1.807, 2.05) is 6.07 Å². The predicted molar refractivity (Wildman–Crippen MR) is 87.5 cm³/mol. The topological polar surface area (TPSA) is 21.3 Å². The number of hydrogen-bond donors (Lipinski definition) is 1. The van der Waals surface area contributed by atoms with Crippen molar-refractivity contribution in [2.45, 2.75) is 45.4 Å². The second kappa shape index (κ2) is 6.31. The van der Waals surface area contributed by atoms with Gasteiger partial charge >= 0.3 is 0 Å². The van der Waals surface area contributed by atoms with E-state index < -0.39 is 0 Å².